The summed E-state index contributed by atoms with van der Waals surface area (Å²) >= 11 is 2.08. The Balaban J connectivity index is 1.88. The van der Waals surface area contributed by atoms with Crippen LogP contribution >= 0.6 is 11.8 Å². The molecule has 0 aromatic rings. The number of nitrogens with zero attached hydrogens (tertiary/aromatic N) is 1. The molecule has 1 saturated carbocycles. The van der Waals surface area contributed by atoms with Gasteiger partial charge in [0.25, 0.3) is 0 Å². The van der Waals surface area contributed by atoms with Crippen LogP contribution in [0.5, 0.6) is 0 Å². The van der Waals surface area contributed by atoms with Crippen molar-refractivity contribution in [2.45, 2.75) is 45.6 Å². The van der Waals surface area contributed by atoms with Gasteiger partial charge in [-0.1, -0.05) is 20.3 Å². The standard InChI is InChI=1S/C14H27NOS/c1-14(2)6-3-5-12(13(14)16)11-15-7-4-9-17-10-8-15/h12-13,16H,3-11H2,1-2H3. The third-order valence-electron chi connectivity index (χ3n) is 4.45. The Morgan fingerprint density at radius 2 is 2.06 bits per heavy atom. The fourth-order valence-electron chi connectivity index (χ4n) is 3.27. The van der Waals surface area contributed by atoms with Crippen LogP contribution in [0.2, 0.25) is 0 Å². The lowest BCUT2D eigenvalue weighted by Gasteiger charge is -2.42. The summed E-state index contributed by atoms with van der Waals surface area (Å²) in [5, 5.41) is 10.5. The summed E-state index contributed by atoms with van der Waals surface area (Å²) in [7, 11) is 0. The van der Waals surface area contributed by atoms with Crippen molar-refractivity contribution in [3.8, 4) is 0 Å². The third-order valence-corrected chi connectivity index (χ3v) is 5.50. The van der Waals surface area contributed by atoms with Crippen molar-refractivity contribution >= 4 is 11.8 Å². The predicted molar refractivity (Wildman–Crippen MR) is 75.5 cm³/mol. The molecule has 1 N–H and O–H groups in total. The molecule has 2 atom stereocenters. The molecule has 2 aliphatic rings. The van der Waals surface area contributed by atoms with Crippen LogP contribution in [0, 0.1) is 11.3 Å². The van der Waals surface area contributed by atoms with E-state index in [1.807, 2.05) is 0 Å². The molecule has 0 radical (unpaired) electrons. The Morgan fingerprint density at radius 1 is 1.24 bits per heavy atom. The Hall–Kier alpha value is 0.270. The average molecular weight is 257 g/mol. The number of rotatable bonds is 2. The first-order valence-electron chi connectivity index (χ1n) is 7.08. The van der Waals surface area contributed by atoms with Gasteiger partial charge in [0, 0.05) is 18.8 Å². The Kier molecular flexibility index (Phi) is 4.79. The van der Waals surface area contributed by atoms with Gasteiger partial charge in [0.15, 0.2) is 0 Å². The van der Waals surface area contributed by atoms with Gasteiger partial charge < -0.3 is 10.0 Å². The fourth-order valence-corrected chi connectivity index (χ4v) is 4.19. The van der Waals surface area contributed by atoms with Crippen LogP contribution in [-0.2, 0) is 0 Å². The highest BCUT2D eigenvalue weighted by Gasteiger charge is 2.38. The van der Waals surface area contributed by atoms with Crippen molar-refractivity contribution in [3.05, 3.63) is 0 Å². The molecule has 0 amide bonds. The number of aliphatic hydroxyl groups is 1. The molecule has 0 aromatic carbocycles. The van der Waals surface area contributed by atoms with Gasteiger partial charge in [-0.3, -0.25) is 0 Å². The molecule has 1 heterocycles. The summed E-state index contributed by atoms with van der Waals surface area (Å²) in [6.07, 6.45) is 4.90. The zero-order valence-corrected chi connectivity index (χ0v) is 12.1. The van der Waals surface area contributed by atoms with Gasteiger partial charge in [-0.2, -0.15) is 11.8 Å². The minimum Gasteiger partial charge on any atom is -0.392 e. The second kappa shape index (κ2) is 5.94. The molecule has 3 heteroatoms. The monoisotopic (exact) mass is 257 g/mol. The van der Waals surface area contributed by atoms with Gasteiger partial charge in [-0.05, 0) is 42.9 Å². The van der Waals surface area contributed by atoms with Crippen LogP contribution in [0.25, 0.3) is 0 Å². The Labute approximate surface area is 110 Å². The maximum absolute atomic E-state index is 10.5. The summed E-state index contributed by atoms with van der Waals surface area (Å²) in [5.74, 6) is 3.09. The normalized spacial score (nSPS) is 35.5. The highest BCUT2D eigenvalue weighted by molar-refractivity contribution is 7.99. The SMILES string of the molecule is CC1(C)CCCC(CN2CCCSCC2)C1O. The van der Waals surface area contributed by atoms with E-state index in [0.29, 0.717) is 5.92 Å². The van der Waals surface area contributed by atoms with Crippen LogP contribution in [0.15, 0.2) is 0 Å². The lowest BCUT2D eigenvalue weighted by Crippen LogP contribution is -2.45. The molecule has 2 nitrogen and oxygen atoms in total. The topological polar surface area (TPSA) is 23.5 Å². The first-order chi connectivity index (χ1) is 8.09. The Morgan fingerprint density at radius 3 is 2.88 bits per heavy atom. The second-order valence-corrected chi connectivity index (χ2v) is 7.58. The summed E-state index contributed by atoms with van der Waals surface area (Å²) in [6, 6.07) is 0. The molecule has 0 aromatic heterocycles. The first-order valence-corrected chi connectivity index (χ1v) is 8.23. The van der Waals surface area contributed by atoms with Gasteiger partial charge in [-0.25, -0.2) is 0 Å². The maximum atomic E-state index is 10.5. The van der Waals surface area contributed by atoms with Crippen molar-refractivity contribution in [1.82, 2.24) is 4.90 Å². The van der Waals surface area contributed by atoms with E-state index in [-0.39, 0.29) is 11.5 Å². The van der Waals surface area contributed by atoms with Gasteiger partial charge in [-0.15, -0.1) is 0 Å². The molecule has 1 aliphatic heterocycles. The second-order valence-electron chi connectivity index (χ2n) is 6.35. The molecule has 2 rings (SSSR count). The van der Waals surface area contributed by atoms with Gasteiger partial charge >= 0.3 is 0 Å². The minimum atomic E-state index is -0.104. The highest BCUT2D eigenvalue weighted by Crippen LogP contribution is 2.39. The zero-order chi connectivity index (χ0) is 12.3. The maximum Gasteiger partial charge on any atom is 0.0631 e. The third kappa shape index (κ3) is 3.62. The highest BCUT2D eigenvalue weighted by atomic mass is 32.2. The summed E-state index contributed by atoms with van der Waals surface area (Å²) in [6.45, 7) is 8.01. The molecule has 0 spiro atoms. The number of hydrogen-bond donors (Lipinski definition) is 1. The van der Waals surface area contributed by atoms with E-state index >= 15 is 0 Å². The van der Waals surface area contributed by atoms with Gasteiger partial charge in [0.05, 0.1) is 6.10 Å². The lowest BCUT2D eigenvalue weighted by atomic mass is 9.69. The van der Waals surface area contributed by atoms with Crippen molar-refractivity contribution in [2.24, 2.45) is 11.3 Å². The molecule has 1 aliphatic carbocycles. The van der Waals surface area contributed by atoms with E-state index in [1.54, 1.807) is 0 Å². The molecule has 2 unspecified atom stereocenters. The van der Waals surface area contributed by atoms with Crippen LogP contribution in [0.4, 0.5) is 0 Å². The van der Waals surface area contributed by atoms with Crippen LogP contribution in [0.1, 0.15) is 39.5 Å². The zero-order valence-electron chi connectivity index (χ0n) is 11.3. The van der Waals surface area contributed by atoms with Crippen molar-refractivity contribution < 1.29 is 5.11 Å². The molecule has 100 valence electrons. The van der Waals surface area contributed by atoms with Crippen LogP contribution < -0.4 is 0 Å². The predicted octanol–water partition coefficient (Wildman–Crippen LogP) is 2.61. The first kappa shape index (κ1) is 13.7. The molecule has 2 fully saturated rings. The van der Waals surface area contributed by atoms with Gasteiger partial charge in [0.1, 0.15) is 0 Å². The summed E-state index contributed by atoms with van der Waals surface area (Å²) < 4.78 is 0. The molecular formula is C14H27NOS. The van der Waals surface area contributed by atoms with Gasteiger partial charge in [0.2, 0.25) is 0 Å². The quantitative estimate of drug-likeness (QED) is 0.822. The number of aliphatic hydroxyl groups excluding tert-OH is 1. The number of thioether (sulfide) groups is 1. The van der Waals surface area contributed by atoms with Crippen molar-refractivity contribution in [3.63, 3.8) is 0 Å². The van der Waals surface area contributed by atoms with E-state index in [2.05, 4.69) is 30.5 Å². The van der Waals surface area contributed by atoms with E-state index in [4.69, 9.17) is 0 Å². The molecule has 17 heavy (non-hydrogen) atoms. The van der Waals surface area contributed by atoms with E-state index in [1.165, 1.54) is 50.3 Å². The summed E-state index contributed by atoms with van der Waals surface area (Å²) in [5.41, 5.74) is 0.128. The van der Waals surface area contributed by atoms with Crippen molar-refractivity contribution in [2.75, 3.05) is 31.1 Å². The fraction of sp³-hybridized carbons (Fsp3) is 1.00. The lowest BCUT2D eigenvalue weighted by molar-refractivity contribution is -0.0423. The smallest absolute Gasteiger partial charge is 0.0631 e. The van der Waals surface area contributed by atoms with Crippen LogP contribution in [0.3, 0.4) is 0 Å². The molecule has 0 bridgehead atoms. The van der Waals surface area contributed by atoms with E-state index < -0.39 is 0 Å². The van der Waals surface area contributed by atoms with E-state index in [9.17, 15) is 5.11 Å². The van der Waals surface area contributed by atoms with Crippen molar-refractivity contribution in [1.29, 1.82) is 0 Å². The average Bonchev–Trinajstić information content (AvgIpc) is 2.53. The van der Waals surface area contributed by atoms with E-state index in [0.717, 1.165) is 6.54 Å². The van der Waals surface area contributed by atoms with Crippen LogP contribution in [-0.4, -0.2) is 47.3 Å². The number of hydrogen-bond acceptors (Lipinski definition) is 3. The largest absolute Gasteiger partial charge is 0.392 e. The molecule has 1 saturated heterocycles. The Bertz CT molecular complexity index is 236. The minimum absolute atomic E-state index is 0.104. The molecular weight excluding hydrogens is 230 g/mol. The summed E-state index contributed by atoms with van der Waals surface area (Å²) in [4.78, 5) is 2.58.